The maximum Gasteiger partial charge on any atom is 0.302 e. The summed E-state index contributed by atoms with van der Waals surface area (Å²) in [6.45, 7) is 3.69. The molecule has 0 amide bonds. The molecule has 5 aliphatic rings. The second-order valence-electron chi connectivity index (χ2n) is 9.65. The molecule has 0 N–H and O–H groups in total. The molecule has 1 spiro atoms. The topological polar surface area (TPSA) is 60.4 Å². The Morgan fingerprint density at radius 1 is 1.04 bits per heavy atom. The van der Waals surface area contributed by atoms with Crippen LogP contribution in [0.15, 0.2) is 0 Å². The minimum atomic E-state index is -0.209. The zero-order valence-electron chi connectivity index (χ0n) is 15.3. The van der Waals surface area contributed by atoms with Crippen LogP contribution in [-0.2, 0) is 19.1 Å². The highest BCUT2D eigenvalue weighted by Gasteiger charge is 2.78. The molecule has 0 saturated heterocycles. The molecule has 0 radical (unpaired) electrons. The predicted molar refractivity (Wildman–Crippen MR) is 90.5 cm³/mol. The maximum absolute atomic E-state index is 12.5. The van der Waals surface area contributed by atoms with E-state index in [9.17, 15) is 14.4 Å². The van der Waals surface area contributed by atoms with Gasteiger partial charge in [-0.2, -0.15) is 0 Å². The van der Waals surface area contributed by atoms with E-state index in [-0.39, 0.29) is 28.8 Å². The Hall–Kier alpha value is -1.19. The molecule has 4 nitrogen and oxygen atoms in total. The first-order valence-corrected chi connectivity index (χ1v) is 10.1. The molecular formula is C21H28O4. The number of Topliss-reactive ketones (excluding diaryl/α,β-unsaturated/α-hetero) is 2. The summed E-state index contributed by atoms with van der Waals surface area (Å²) in [5, 5.41) is 0. The monoisotopic (exact) mass is 344 g/mol. The lowest BCUT2D eigenvalue weighted by Crippen LogP contribution is -2.51. The fourth-order valence-corrected chi connectivity index (χ4v) is 8.04. The Bertz CT molecular complexity index is 669. The van der Waals surface area contributed by atoms with E-state index in [4.69, 9.17) is 4.74 Å². The molecule has 5 saturated carbocycles. The van der Waals surface area contributed by atoms with E-state index in [1.165, 1.54) is 6.92 Å². The summed E-state index contributed by atoms with van der Waals surface area (Å²) >= 11 is 0. The molecule has 25 heavy (non-hydrogen) atoms. The zero-order valence-corrected chi connectivity index (χ0v) is 15.3. The lowest BCUT2D eigenvalue weighted by atomic mass is 9.49. The summed E-state index contributed by atoms with van der Waals surface area (Å²) in [5.41, 5.74) is -0.0636. The average molecular weight is 344 g/mol. The van der Waals surface area contributed by atoms with Gasteiger partial charge >= 0.3 is 5.97 Å². The second-order valence-corrected chi connectivity index (χ2v) is 9.65. The highest BCUT2D eigenvalue weighted by molar-refractivity contribution is 5.87. The third-order valence-electron chi connectivity index (χ3n) is 8.95. The SMILES string of the molecule is CC(=O)OC1[C@@H]2CC(=O)C[C@@H]3CC[C@@H]4[C@H](CC[C@]5(C)C(=O)CC[C@@H]45)C132. The van der Waals surface area contributed by atoms with Crippen LogP contribution < -0.4 is 0 Å². The molecular weight excluding hydrogens is 316 g/mol. The number of hydrogen-bond acceptors (Lipinski definition) is 4. The van der Waals surface area contributed by atoms with Crippen LogP contribution in [0.1, 0.15) is 65.2 Å². The average Bonchev–Trinajstić information content (AvgIpc) is 3.04. The number of hydrogen-bond donors (Lipinski definition) is 0. The number of fused-ring (bicyclic) bond motifs is 3. The van der Waals surface area contributed by atoms with Crippen LogP contribution in [0.25, 0.3) is 0 Å². The van der Waals surface area contributed by atoms with E-state index in [0.717, 1.165) is 38.5 Å². The van der Waals surface area contributed by atoms with E-state index in [0.29, 0.717) is 48.1 Å². The van der Waals surface area contributed by atoms with Gasteiger partial charge in [0.1, 0.15) is 17.7 Å². The van der Waals surface area contributed by atoms with Gasteiger partial charge < -0.3 is 4.74 Å². The number of ketones is 2. The van der Waals surface area contributed by atoms with Crippen LogP contribution in [0.2, 0.25) is 0 Å². The smallest absolute Gasteiger partial charge is 0.302 e. The third-order valence-corrected chi connectivity index (χ3v) is 8.95. The quantitative estimate of drug-likeness (QED) is 0.685. The van der Waals surface area contributed by atoms with Crippen molar-refractivity contribution in [3.63, 3.8) is 0 Å². The van der Waals surface area contributed by atoms with Crippen LogP contribution >= 0.6 is 0 Å². The molecule has 136 valence electrons. The van der Waals surface area contributed by atoms with Gasteiger partial charge in [0, 0.05) is 42.9 Å². The molecule has 0 heterocycles. The van der Waals surface area contributed by atoms with Crippen LogP contribution in [0.3, 0.4) is 0 Å². The van der Waals surface area contributed by atoms with Crippen molar-refractivity contribution in [2.24, 2.45) is 40.4 Å². The Morgan fingerprint density at radius 3 is 2.60 bits per heavy atom. The second kappa shape index (κ2) is 4.95. The number of esters is 1. The van der Waals surface area contributed by atoms with Gasteiger partial charge in [0.15, 0.2) is 0 Å². The fraction of sp³-hybridized carbons (Fsp3) is 0.857. The molecule has 0 aromatic rings. The van der Waals surface area contributed by atoms with Crippen LogP contribution in [-0.4, -0.2) is 23.6 Å². The fourth-order valence-electron chi connectivity index (χ4n) is 8.04. The van der Waals surface area contributed by atoms with Gasteiger partial charge in [-0.1, -0.05) is 6.92 Å². The third kappa shape index (κ3) is 1.86. The Kier molecular flexibility index (Phi) is 3.17. The lowest BCUT2D eigenvalue weighted by Gasteiger charge is -2.54. The largest absolute Gasteiger partial charge is 0.462 e. The maximum atomic E-state index is 12.5. The van der Waals surface area contributed by atoms with E-state index >= 15 is 0 Å². The molecule has 8 atom stereocenters. The molecule has 0 bridgehead atoms. The van der Waals surface area contributed by atoms with Crippen molar-refractivity contribution < 1.29 is 19.1 Å². The Labute approximate surface area is 149 Å². The minimum absolute atomic E-state index is 0.0456. The first-order valence-electron chi connectivity index (χ1n) is 10.1. The van der Waals surface area contributed by atoms with Crippen molar-refractivity contribution in [2.45, 2.75) is 71.3 Å². The standard InChI is InChI=1S/C21H28O4/c1-11(22)25-19-17-10-13(23)9-12-3-4-14-15-5-6-18(24)20(15,2)8-7-16(14)21(12,17)19/h12,14-17,19H,3-10H2,1-2H3/t12-,14-,15-,16-,17-,19?,20-,21?/m0/s1. The van der Waals surface area contributed by atoms with Crippen LogP contribution in [0, 0.1) is 40.4 Å². The summed E-state index contributed by atoms with van der Waals surface area (Å²) in [5.74, 6) is 2.89. The molecule has 0 aliphatic heterocycles. The number of carbonyl (C=O) groups is 3. The van der Waals surface area contributed by atoms with Gasteiger partial charge in [0.25, 0.3) is 0 Å². The number of rotatable bonds is 1. The van der Waals surface area contributed by atoms with E-state index < -0.39 is 0 Å². The van der Waals surface area contributed by atoms with Gasteiger partial charge in [-0.05, 0) is 55.8 Å². The number of carbonyl (C=O) groups excluding carboxylic acids is 3. The zero-order chi connectivity index (χ0) is 17.6. The molecule has 5 aliphatic carbocycles. The van der Waals surface area contributed by atoms with Gasteiger partial charge in [-0.3, -0.25) is 14.4 Å². The highest BCUT2D eigenvalue weighted by Crippen LogP contribution is 2.76. The van der Waals surface area contributed by atoms with Gasteiger partial charge in [0.05, 0.1) is 0 Å². The molecule has 4 heteroatoms. The summed E-state index contributed by atoms with van der Waals surface area (Å²) in [6.07, 6.45) is 7.30. The first-order chi connectivity index (χ1) is 11.9. The molecule has 5 rings (SSSR count). The van der Waals surface area contributed by atoms with Crippen molar-refractivity contribution in [2.75, 3.05) is 0 Å². The van der Waals surface area contributed by atoms with Crippen molar-refractivity contribution in [1.29, 1.82) is 0 Å². The summed E-state index contributed by atoms with van der Waals surface area (Å²) in [6, 6.07) is 0. The predicted octanol–water partition coefficient (Wildman–Crippen LogP) is 3.32. The van der Waals surface area contributed by atoms with Crippen molar-refractivity contribution in [3.05, 3.63) is 0 Å². The molecule has 5 fully saturated rings. The summed E-state index contributed by atoms with van der Waals surface area (Å²) < 4.78 is 5.77. The highest BCUT2D eigenvalue weighted by atomic mass is 16.6. The molecule has 2 unspecified atom stereocenters. The van der Waals surface area contributed by atoms with Crippen LogP contribution in [0.4, 0.5) is 0 Å². The summed E-state index contributed by atoms with van der Waals surface area (Å²) in [7, 11) is 0. The van der Waals surface area contributed by atoms with Crippen LogP contribution in [0.5, 0.6) is 0 Å². The summed E-state index contributed by atoms with van der Waals surface area (Å²) in [4.78, 5) is 36.4. The van der Waals surface area contributed by atoms with E-state index in [1.807, 2.05) is 0 Å². The van der Waals surface area contributed by atoms with E-state index in [1.54, 1.807) is 0 Å². The Morgan fingerprint density at radius 2 is 1.84 bits per heavy atom. The number of ether oxygens (including phenoxy) is 1. The Balaban J connectivity index is 1.51. The van der Waals surface area contributed by atoms with Gasteiger partial charge in [-0.25, -0.2) is 0 Å². The van der Waals surface area contributed by atoms with Crippen molar-refractivity contribution >= 4 is 17.5 Å². The van der Waals surface area contributed by atoms with Gasteiger partial charge in [0.2, 0.25) is 0 Å². The van der Waals surface area contributed by atoms with Gasteiger partial charge in [-0.15, -0.1) is 0 Å². The van der Waals surface area contributed by atoms with E-state index in [2.05, 4.69) is 6.92 Å². The lowest BCUT2D eigenvalue weighted by molar-refractivity contribution is -0.148. The molecule has 0 aromatic heterocycles. The van der Waals surface area contributed by atoms with Crippen molar-refractivity contribution in [3.8, 4) is 0 Å². The normalized spacial score (nSPS) is 53.4. The molecule has 0 aromatic carbocycles. The first kappa shape index (κ1) is 16.0. The minimum Gasteiger partial charge on any atom is -0.462 e. The van der Waals surface area contributed by atoms with Crippen molar-refractivity contribution in [1.82, 2.24) is 0 Å².